The van der Waals surface area contributed by atoms with Gasteiger partial charge in [0, 0.05) is 20.1 Å². The fourth-order valence-corrected chi connectivity index (χ4v) is 1.41. The number of nitrogens with one attached hydrogen (secondary N) is 1. The van der Waals surface area contributed by atoms with Crippen LogP contribution in [0.25, 0.3) is 0 Å². The molecule has 0 amide bonds. The van der Waals surface area contributed by atoms with Crippen molar-refractivity contribution in [3.05, 3.63) is 0 Å². The number of hydrogen-bond acceptors (Lipinski definition) is 7. The average molecular weight is 278 g/mol. The van der Waals surface area contributed by atoms with E-state index in [4.69, 9.17) is 10.00 Å². The summed E-state index contributed by atoms with van der Waals surface area (Å²) in [6.45, 7) is 7.25. The van der Waals surface area contributed by atoms with Crippen LogP contribution in [0.3, 0.4) is 0 Å². The number of aromatic nitrogens is 3. The number of nitriles is 1. The van der Waals surface area contributed by atoms with Gasteiger partial charge in [0.2, 0.25) is 11.9 Å². The third-order valence-electron chi connectivity index (χ3n) is 2.38. The molecule has 0 saturated carbocycles. The standard InChI is InChI=1S/C13H22N6O/c1-5-8-15-11-16-12(19(4)9-6-7-14)18-13(17-11)20-10(2)3/h10H,5-6,8-9H2,1-4H3,(H,15,16,17,18). The molecule has 1 N–H and O–H groups in total. The van der Waals surface area contributed by atoms with Gasteiger partial charge in [-0.05, 0) is 20.3 Å². The fourth-order valence-electron chi connectivity index (χ4n) is 1.41. The topological polar surface area (TPSA) is 87.0 Å². The van der Waals surface area contributed by atoms with Crippen LogP contribution in [0, 0.1) is 11.3 Å². The molecule has 0 radical (unpaired) electrons. The normalized spacial score (nSPS) is 10.2. The van der Waals surface area contributed by atoms with E-state index in [2.05, 4.69) is 33.3 Å². The Labute approximate surface area is 120 Å². The maximum Gasteiger partial charge on any atom is 0.323 e. The van der Waals surface area contributed by atoms with Crippen molar-refractivity contribution in [1.29, 1.82) is 5.26 Å². The second kappa shape index (κ2) is 8.15. The van der Waals surface area contributed by atoms with E-state index >= 15 is 0 Å². The van der Waals surface area contributed by atoms with Gasteiger partial charge in [-0.2, -0.15) is 20.2 Å². The van der Waals surface area contributed by atoms with Crippen molar-refractivity contribution in [3.63, 3.8) is 0 Å². The number of anilines is 2. The number of hydrogen-bond donors (Lipinski definition) is 1. The molecule has 1 heterocycles. The predicted octanol–water partition coefficient (Wildman–Crippen LogP) is 1.83. The van der Waals surface area contributed by atoms with Gasteiger partial charge < -0.3 is 15.0 Å². The molecule has 7 heteroatoms. The molecule has 0 unspecified atom stereocenters. The lowest BCUT2D eigenvalue weighted by Gasteiger charge is -2.17. The molecule has 0 aliphatic heterocycles. The van der Waals surface area contributed by atoms with E-state index in [1.54, 1.807) is 0 Å². The Morgan fingerprint density at radius 1 is 1.35 bits per heavy atom. The molecule has 0 bridgehead atoms. The summed E-state index contributed by atoms with van der Waals surface area (Å²) in [6, 6.07) is 2.40. The minimum atomic E-state index is -0.00584. The summed E-state index contributed by atoms with van der Waals surface area (Å²) >= 11 is 0. The summed E-state index contributed by atoms with van der Waals surface area (Å²) in [5.74, 6) is 1.00. The van der Waals surface area contributed by atoms with Crippen molar-refractivity contribution in [1.82, 2.24) is 15.0 Å². The van der Waals surface area contributed by atoms with Crippen LogP contribution >= 0.6 is 0 Å². The van der Waals surface area contributed by atoms with E-state index in [1.165, 1.54) is 0 Å². The first-order valence-corrected chi connectivity index (χ1v) is 6.81. The van der Waals surface area contributed by atoms with Crippen LogP contribution in [0.5, 0.6) is 6.01 Å². The summed E-state index contributed by atoms with van der Waals surface area (Å²) < 4.78 is 5.54. The summed E-state index contributed by atoms with van der Waals surface area (Å²) in [5.41, 5.74) is 0. The van der Waals surface area contributed by atoms with E-state index in [0.717, 1.165) is 13.0 Å². The summed E-state index contributed by atoms with van der Waals surface area (Å²) in [6.07, 6.45) is 1.39. The summed E-state index contributed by atoms with van der Waals surface area (Å²) in [7, 11) is 1.84. The Morgan fingerprint density at radius 3 is 2.70 bits per heavy atom. The molecule has 1 aromatic rings. The van der Waals surface area contributed by atoms with E-state index in [1.807, 2.05) is 25.8 Å². The molecule has 0 aliphatic rings. The van der Waals surface area contributed by atoms with Crippen LogP contribution in [0.2, 0.25) is 0 Å². The van der Waals surface area contributed by atoms with E-state index in [9.17, 15) is 0 Å². The molecular weight excluding hydrogens is 256 g/mol. The second-order valence-corrected chi connectivity index (χ2v) is 4.66. The molecule has 0 saturated heterocycles. The Hall–Kier alpha value is -2.10. The van der Waals surface area contributed by atoms with Gasteiger partial charge in [-0.25, -0.2) is 0 Å². The van der Waals surface area contributed by atoms with Gasteiger partial charge in [-0.3, -0.25) is 0 Å². The van der Waals surface area contributed by atoms with Crippen LogP contribution in [0.4, 0.5) is 11.9 Å². The quantitative estimate of drug-likeness (QED) is 0.776. The van der Waals surface area contributed by atoms with Gasteiger partial charge in [-0.15, -0.1) is 0 Å². The van der Waals surface area contributed by atoms with Gasteiger partial charge in [0.05, 0.1) is 18.6 Å². The molecular formula is C13H22N6O. The monoisotopic (exact) mass is 278 g/mol. The highest BCUT2D eigenvalue weighted by Crippen LogP contribution is 2.15. The Balaban J connectivity index is 2.93. The molecule has 1 aromatic heterocycles. The first-order valence-electron chi connectivity index (χ1n) is 6.81. The molecule has 0 aromatic carbocycles. The van der Waals surface area contributed by atoms with Crippen LogP contribution in [0.15, 0.2) is 0 Å². The van der Waals surface area contributed by atoms with Crippen LogP contribution in [0.1, 0.15) is 33.6 Å². The van der Waals surface area contributed by atoms with Crippen LogP contribution in [-0.4, -0.2) is 41.2 Å². The van der Waals surface area contributed by atoms with E-state index < -0.39 is 0 Å². The largest absolute Gasteiger partial charge is 0.461 e. The average Bonchev–Trinajstić information content (AvgIpc) is 2.41. The van der Waals surface area contributed by atoms with Crippen molar-refractivity contribution in [2.75, 3.05) is 30.4 Å². The Bertz CT molecular complexity index is 457. The SMILES string of the molecule is CCCNc1nc(OC(C)C)nc(N(C)CCC#N)n1. The van der Waals surface area contributed by atoms with Crippen molar-refractivity contribution in [3.8, 4) is 12.1 Å². The molecule has 0 atom stereocenters. The second-order valence-electron chi connectivity index (χ2n) is 4.66. The van der Waals surface area contributed by atoms with Crippen LogP contribution < -0.4 is 15.0 Å². The third kappa shape index (κ3) is 5.26. The smallest absolute Gasteiger partial charge is 0.323 e. The highest BCUT2D eigenvalue weighted by atomic mass is 16.5. The van der Waals surface area contributed by atoms with Gasteiger partial charge >= 0.3 is 6.01 Å². The molecule has 110 valence electrons. The van der Waals surface area contributed by atoms with Crippen molar-refractivity contribution in [2.24, 2.45) is 0 Å². The van der Waals surface area contributed by atoms with Gasteiger partial charge in [-0.1, -0.05) is 6.92 Å². The Morgan fingerprint density at radius 2 is 2.10 bits per heavy atom. The first kappa shape index (κ1) is 16.0. The maximum absolute atomic E-state index is 8.64. The molecule has 0 fully saturated rings. The zero-order chi connectivity index (χ0) is 15.0. The van der Waals surface area contributed by atoms with Crippen molar-refractivity contribution >= 4 is 11.9 Å². The zero-order valence-electron chi connectivity index (χ0n) is 12.6. The zero-order valence-corrected chi connectivity index (χ0v) is 12.6. The molecule has 1 rings (SSSR count). The minimum absolute atomic E-state index is 0.00584. The molecule has 0 aliphatic carbocycles. The number of nitrogens with zero attached hydrogens (tertiary/aromatic N) is 5. The maximum atomic E-state index is 8.64. The molecule has 20 heavy (non-hydrogen) atoms. The van der Waals surface area contributed by atoms with E-state index in [-0.39, 0.29) is 6.10 Å². The number of ether oxygens (including phenoxy) is 1. The molecule has 7 nitrogen and oxygen atoms in total. The van der Waals surface area contributed by atoms with Gasteiger partial charge in [0.25, 0.3) is 0 Å². The van der Waals surface area contributed by atoms with Gasteiger partial charge in [0.1, 0.15) is 0 Å². The summed E-state index contributed by atoms with van der Waals surface area (Å²) in [5, 5.41) is 11.8. The number of rotatable bonds is 8. The van der Waals surface area contributed by atoms with Crippen molar-refractivity contribution < 1.29 is 4.74 Å². The van der Waals surface area contributed by atoms with Gasteiger partial charge in [0.15, 0.2) is 0 Å². The van der Waals surface area contributed by atoms with Crippen molar-refractivity contribution in [2.45, 2.75) is 39.7 Å². The Kier molecular flexibility index (Phi) is 6.50. The molecule has 0 spiro atoms. The highest BCUT2D eigenvalue weighted by molar-refractivity contribution is 5.37. The fraction of sp³-hybridized carbons (Fsp3) is 0.692. The lowest BCUT2D eigenvalue weighted by Crippen LogP contribution is -2.22. The highest BCUT2D eigenvalue weighted by Gasteiger charge is 2.12. The lowest BCUT2D eigenvalue weighted by molar-refractivity contribution is 0.222. The van der Waals surface area contributed by atoms with Crippen LogP contribution in [-0.2, 0) is 0 Å². The third-order valence-corrected chi connectivity index (χ3v) is 2.38. The minimum Gasteiger partial charge on any atom is -0.461 e. The summed E-state index contributed by atoms with van der Waals surface area (Å²) in [4.78, 5) is 14.6. The lowest BCUT2D eigenvalue weighted by atomic mass is 10.4. The first-order chi connectivity index (χ1) is 9.56. The van der Waals surface area contributed by atoms with E-state index in [0.29, 0.717) is 30.9 Å². The predicted molar refractivity (Wildman–Crippen MR) is 77.9 cm³/mol.